The summed E-state index contributed by atoms with van der Waals surface area (Å²) < 4.78 is 11.3. The van der Waals surface area contributed by atoms with E-state index in [-0.39, 0.29) is 17.8 Å². The first-order valence-corrected chi connectivity index (χ1v) is 7.03. The van der Waals surface area contributed by atoms with Gasteiger partial charge in [0.2, 0.25) is 5.78 Å². The second-order valence-electron chi connectivity index (χ2n) is 5.44. The van der Waals surface area contributed by atoms with Gasteiger partial charge in [0.05, 0.1) is 13.2 Å². The molecule has 0 radical (unpaired) electrons. The van der Waals surface area contributed by atoms with Crippen molar-refractivity contribution in [2.75, 3.05) is 13.7 Å². The third kappa shape index (κ3) is 1.70. The van der Waals surface area contributed by atoms with Gasteiger partial charge >= 0.3 is 5.69 Å². The van der Waals surface area contributed by atoms with Crippen LogP contribution in [0.25, 0.3) is 16.9 Å². The minimum absolute atomic E-state index is 0.218. The number of imidazole rings is 2. The number of ether oxygens (including phenoxy) is 1. The fourth-order valence-corrected chi connectivity index (χ4v) is 2.79. The van der Waals surface area contributed by atoms with Crippen LogP contribution in [0.1, 0.15) is 11.4 Å². The summed E-state index contributed by atoms with van der Waals surface area (Å²) in [5.74, 6) is 0.654. The molecule has 0 bridgehead atoms. The molecule has 118 valence electrons. The lowest BCUT2D eigenvalue weighted by Crippen LogP contribution is -2.40. The quantitative estimate of drug-likeness (QED) is 0.680. The molecule has 0 fully saturated rings. The average molecular weight is 305 g/mol. The summed E-state index contributed by atoms with van der Waals surface area (Å²) in [7, 11) is 5.06. The highest BCUT2D eigenvalue weighted by Crippen LogP contribution is 2.18. The summed E-state index contributed by atoms with van der Waals surface area (Å²) in [6.07, 6.45) is 0. The Morgan fingerprint density at radius 1 is 1.09 bits per heavy atom. The van der Waals surface area contributed by atoms with Crippen molar-refractivity contribution in [3.05, 3.63) is 32.2 Å². The molecule has 0 atom stereocenters. The lowest BCUT2D eigenvalue weighted by molar-refractivity contribution is 0.184. The standard InChI is InChI=1S/C14H19N5O3/c1-8-9(2)19-10-11(15-13(19)16(8)3)17(4)14(21)18(12(10)20)6-7-22-5/h6-7H2,1-5H3. The number of hydrogen-bond acceptors (Lipinski definition) is 4. The Morgan fingerprint density at radius 2 is 1.77 bits per heavy atom. The van der Waals surface area contributed by atoms with Crippen LogP contribution in [0, 0.1) is 13.8 Å². The second kappa shape index (κ2) is 4.84. The summed E-state index contributed by atoms with van der Waals surface area (Å²) in [5, 5.41) is 0. The maximum absolute atomic E-state index is 12.8. The Balaban J connectivity index is 2.53. The van der Waals surface area contributed by atoms with E-state index in [0.717, 1.165) is 11.4 Å². The molecule has 3 aromatic rings. The van der Waals surface area contributed by atoms with Crippen LogP contribution in [-0.4, -0.2) is 36.8 Å². The van der Waals surface area contributed by atoms with Gasteiger partial charge in [0.25, 0.3) is 5.56 Å². The highest BCUT2D eigenvalue weighted by molar-refractivity contribution is 5.76. The summed E-state index contributed by atoms with van der Waals surface area (Å²) in [5.41, 5.74) is 2.07. The van der Waals surface area contributed by atoms with Gasteiger partial charge < -0.3 is 9.30 Å². The van der Waals surface area contributed by atoms with Gasteiger partial charge in [-0.1, -0.05) is 0 Å². The Morgan fingerprint density at radius 3 is 2.41 bits per heavy atom. The predicted octanol–water partition coefficient (Wildman–Crippen LogP) is -0.0504. The third-order valence-electron chi connectivity index (χ3n) is 4.31. The molecule has 0 aliphatic carbocycles. The van der Waals surface area contributed by atoms with Crippen molar-refractivity contribution >= 4 is 16.9 Å². The summed E-state index contributed by atoms with van der Waals surface area (Å²) in [4.78, 5) is 29.6. The molecule has 0 aliphatic heterocycles. The molecule has 22 heavy (non-hydrogen) atoms. The molecule has 0 aromatic carbocycles. The highest BCUT2D eigenvalue weighted by Gasteiger charge is 2.21. The molecule has 0 amide bonds. The first-order chi connectivity index (χ1) is 10.4. The van der Waals surface area contributed by atoms with Crippen molar-refractivity contribution in [3.8, 4) is 0 Å². The van der Waals surface area contributed by atoms with Gasteiger partial charge in [-0.15, -0.1) is 0 Å². The van der Waals surface area contributed by atoms with Crippen LogP contribution in [0.4, 0.5) is 0 Å². The van der Waals surface area contributed by atoms with Gasteiger partial charge in [-0.3, -0.25) is 18.3 Å². The Kier molecular flexibility index (Phi) is 3.21. The molecule has 0 saturated heterocycles. The molecular formula is C14H19N5O3. The first kappa shape index (κ1) is 14.6. The second-order valence-corrected chi connectivity index (χ2v) is 5.44. The molecule has 0 aliphatic rings. The van der Waals surface area contributed by atoms with Gasteiger partial charge in [0.1, 0.15) is 0 Å². The minimum atomic E-state index is -0.382. The van der Waals surface area contributed by atoms with Crippen molar-refractivity contribution in [3.63, 3.8) is 0 Å². The predicted molar refractivity (Wildman–Crippen MR) is 82.5 cm³/mol. The Hall–Kier alpha value is -2.35. The van der Waals surface area contributed by atoms with Crippen LogP contribution in [0.15, 0.2) is 9.59 Å². The van der Waals surface area contributed by atoms with E-state index in [2.05, 4.69) is 4.98 Å². The number of aromatic nitrogens is 5. The van der Waals surface area contributed by atoms with E-state index in [0.29, 0.717) is 23.5 Å². The SMILES string of the molecule is COCCn1c(=O)c2c(nc3n(C)c(C)c(C)n23)n(C)c1=O. The monoisotopic (exact) mass is 305 g/mol. The van der Waals surface area contributed by atoms with Crippen molar-refractivity contribution in [2.24, 2.45) is 14.1 Å². The zero-order valence-electron chi connectivity index (χ0n) is 13.4. The van der Waals surface area contributed by atoms with Gasteiger partial charge in [0, 0.05) is 32.6 Å². The minimum Gasteiger partial charge on any atom is -0.383 e. The number of fused-ring (bicyclic) bond motifs is 3. The molecule has 0 N–H and O–H groups in total. The maximum Gasteiger partial charge on any atom is 0.332 e. The fraction of sp³-hybridized carbons (Fsp3) is 0.500. The maximum atomic E-state index is 12.8. The van der Waals surface area contributed by atoms with Gasteiger partial charge in [0.15, 0.2) is 11.2 Å². The molecule has 3 aromatic heterocycles. The number of hydrogen-bond donors (Lipinski definition) is 0. The van der Waals surface area contributed by atoms with Gasteiger partial charge in [-0.25, -0.2) is 4.79 Å². The summed E-state index contributed by atoms with van der Waals surface area (Å²) in [6, 6.07) is 0. The molecule has 3 heterocycles. The zero-order chi connectivity index (χ0) is 16.2. The fourth-order valence-electron chi connectivity index (χ4n) is 2.79. The normalized spacial score (nSPS) is 11.9. The van der Waals surface area contributed by atoms with Crippen LogP contribution in [0.5, 0.6) is 0 Å². The third-order valence-corrected chi connectivity index (χ3v) is 4.31. The lowest BCUT2D eigenvalue weighted by atomic mass is 10.3. The summed E-state index contributed by atoms with van der Waals surface area (Å²) >= 11 is 0. The van der Waals surface area contributed by atoms with Crippen molar-refractivity contribution in [2.45, 2.75) is 20.4 Å². The Labute approximate surface area is 126 Å². The van der Waals surface area contributed by atoms with E-state index in [1.807, 2.05) is 29.9 Å². The van der Waals surface area contributed by atoms with E-state index in [4.69, 9.17) is 4.74 Å². The van der Waals surface area contributed by atoms with Crippen LogP contribution in [-0.2, 0) is 25.4 Å². The van der Waals surface area contributed by atoms with E-state index in [9.17, 15) is 9.59 Å². The number of nitrogens with zero attached hydrogens (tertiary/aromatic N) is 5. The molecular weight excluding hydrogens is 286 g/mol. The smallest absolute Gasteiger partial charge is 0.332 e. The van der Waals surface area contributed by atoms with Crippen molar-refractivity contribution < 1.29 is 4.74 Å². The van der Waals surface area contributed by atoms with Crippen LogP contribution in [0.2, 0.25) is 0 Å². The van der Waals surface area contributed by atoms with Crippen molar-refractivity contribution in [1.82, 2.24) is 23.1 Å². The first-order valence-electron chi connectivity index (χ1n) is 7.03. The summed E-state index contributed by atoms with van der Waals surface area (Å²) in [6.45, 7) is 4.43. The molecule has 0 spiro atoms. The number of aryl methyl sites for hydroxylation is 3. The topological polar surface area (TPSA) is 75.5 Å². The molecule has 0 saturated carbocycles. The van der Waals surface area contributed by atoms with Crippen LogP contribution in [0.3, 0.4) is 0 Å². The van der Waals surface area contributed by atoms with Crippen LogP contribution >= 0.6 is 0 Å². The number of methoxy groups -OCH3 is 1. The Bertz CT molecular complexity index is 1000. The number of rotatable bonds is 3. The molecule has 8 heteroatoms. The lowest BCUT2D eigenvalue weighted by Gasteiger charge is -2.07. The molecule has 8 nitrogen and oxygen atoms in total. The molecule has 0 unspecified atom stereocenters. The van der Waals surface area contributed by atoms with E-state index in [1.54, 1.807) is 7.05 Å². The average Bonchev–Trinajstić information content (AvgIpc) is 2.99. The largest absolute Gasteiger partial charge is 0.383 e. The van der Waals surface area contributed by atoms with E-state index >= 15 is 0 Å². The highest BCUT2D eigenvalue weighted by atomic mass is 16.5. The van der Waals surface area contributed by atoms with Gasteiger partial charge in [-0.05, 0) is 13.8 Å². The van der Waals surface area contributed by atoms with Crippen molar-refractivity contribution in [1.29, 1.82) is 0 Å². The molecule has 3 rings (SSSR count). The zero-order valence-corrected chi connectivity index (χ0v) is 13.4. The van der Waals surface area contributed by atoms with Gasteiger partial charge in [-0.2, -0.15) is 4.98 Å². The van der Waals surface area contributed by atoms with E-state index < -0.39 is 0 Å². The van der Waals surface area contributed by atoms with E-state index in [1.165, 1.54) is 16.2 Å². The van der Waals surface area contributed by atoms with Crippen LogP contribution < -0.4 is 11.2 Å².